The maximum absolute atomic E-state index is 9.16. The van der Waals surface area contributed by atoms with Crippen molar-refractivity contribution in [1.82, 2.24) is 0 Å². The van der Waals surface area contributed by atoms with Gasteiger partial charge in [0.1, 0.15) is 11.9 Å². The van der Waals surface area contributed by atoms with Crippen LogP contribution in [0, 0.1) is 6.92 Å². The summed E-state index contributed by atoms with van der Waals surface area (Å²) >= 11 is 3.12. The fraction of sp³-hybridized carbons (Fsp3) is 0.429. The quantitative estimate of drug-likeness (QED) is 0.792. The highest BCUT2D eigenvalue weighted by Crippen LogP contribution is 2.24. The van der Waals surface area contributed by atoms with Gasteiger partial charge in [0.15, 0.2) is 4.67 Å². The average Bonchev–Trinajstić information content (AvgIpc) is 2.28. The summed E-state index contributed by atoms with van der Waals surface area (Å²) in [5, 5.41) is 17.8. The summed E-state index contributed by atoms with van der Waals surface area (Å²) in [5.74, 6) is 0.416. The molecule has 0 aliphatic carbocycles. The number of hydrogen-bond acceptors (Lipinski definition) is 3. The van der Waals surface area contributed by atoms with E-state index >= 15 is 0 Å². The van der Waals surface area contributed by atoms with Gasteiger partial charge in [-0.25, -0.2) is 0 Å². The second kappa shape index (κ2) is 3.38. The van der Waals surface area contributed by atoms with Gasteiger partial charge in [0.2, 0.25) is 0 Å². The van der Waals surface area contributed by atoms with Crippen molar-refractivity contribution in [1.29, 1.82) is 0 Å². The molecule has 0 spiro atoms. The van der Waals surface area contributed by atoms with Gasteiger partial charge in [0.25, 0.3) is 0 Å². The van der Waals surface area contributed by atoms with E-state index in [0.29, 0.717) is 10.4 Å². The van der Waals surface area contributed by atoms with Gasteiger partial charge < -0.3 is 14.6 Å². The Morgan fingerprint density at radius 2 is 2.36 bits per heavy atom. The van der Waals surface area contributed by atoms with E-state index in [1.165, 1.54) is 0 Å². The molecule has 0 amide bonds. The predicted molar refractivity (Wildman–Crippen MR) is 43.2 cm³/mol. The summed E-state index contributed by atoms with van der Waals surface area (Å²) < 4.78 is 5.64. The summed E-state index contributed by atoms with van der Waals surface area (Å²) in [7, 11) is 0. The Morgan fingerprint density at radius 1 is 1.73 bits per heavy atom. The lowest BCUT2D eigenvalue weighted by Gasteiger charge is -2.02. The Hall–Kier alpha value is -0.320. The van der Waals surface area contributed by atoms with Gasteiger partial charge in [0, 0.05) is 0 Å². The van der Waals surface area contributed by atoms with E-state index < -0.39 is 6.10 Å². The molecule has 1 atom stereocenters. The monoisotopic (exact) mass is 220 g/mol. The number of aryl methyl sites for hydroxylation is 1. The molecule has 1 aromatic heterocycles. The minimum Gasteiger partial charge on any atom is -0.451 e. The van der Waals surface area contributed by atoms with Crippen molar-refractivity contribution in [2.45, 2.75) is 13.0 Å². The molecule has 0 aliphatic rings. The van der Waals surface area contributed by atoms with Crippen LogP contribution in [0.2, 0.25) is 0 Å². The summed E-state index contributed by atoms with van der Waals surface area (Å²) in [4.78, 5) is 0. The lowest BCUT2D eigenvalue weighted by atomic mass is 10.2. The number of hydrogen-bond donors (Lipinski definition) is 2. The van der Waals surface area contributed by atoms with E-state index in [2.05, 4.69) is 15.9 Å². The van der Waals surface area contributed by atoms with Crippen molar-refractivity contribution in [2.75, 3.05) is 6.61 Å². The highest BCUT2D eigenvalue weighted by atomic mass is 79.9. The van der Waals surface area contributed by atoms with Crippen LogP contribution < -0.4 is 0 Å². The number of aliphatic hydroxyl groups excluding tert-OH is 2. The molecule has 1 unspecified atom stereocenters. The first kappa shape index (κ1) is 8.77. The first-order valence-corrected chi connectivity index (χ1v) is 3.99. The molecule has 1 rings (SSSR count). The topological polar surface area (TPSA) is 53.6 Å². The minimum atomic E-state index is -0.915. The molecule has 0 aliphatic heterocycles. The second-order valence-corrected chi connectivity index (χ2v) is 3.08. The van der Waals surface area contributed by atoms with Crippen LogP contribution in [-0.2, 0) is 0 Å². The van der Waals surface area contributed by atoms with Gasteiger partial charge in [-0.3, -0.25) is 0 Å². The summed E-state index contributed by atoms with van der Waals surface area (Å²) in [6.07, 6.45) is -0.915. The SMILES string of the molecule is Cc1cc(Br)oc1C(O)CO. The molecule has 11 heavy (non-hydrogen) atoms. The molecule has 3 nitrogen and oxygen atoms in total. The van der Waals surface area contributed by atoms with Crippen LogP contribution in [0.4, 0.5) is 0 Å². The maximum atomic E-state index is 9.16. The van der Waals surface area contributed by atoms with E-state index in [1.807, 2.05) is 6.92 Å². The Bertz CT molecular complexity index is 244. The summed E-state index contributed by atoms with van der Waals surface area (Å²) in [6.45, 7) is 1.49. The summed E-state index contributed by atoms with van der Waals surface area (Å²) in [5.41, 5.74) is 0.832. The van der Waals surface area contributed by atoms with Gasteiger partial charge >= 0.3 is 0 Å². The fourth-order valence-corrected chi connectivity index (χ4v) is 1.39. The van der Waals surface area contributed by atoms with Crippen molar-refractivity contribution < 1.29 is 14.6 Å². The predicted octanol–water partition coefficient (Wildman–Crippen LogP) is 1.38. The third-order valence-electron chi connectivity index (χ3n) is 1.40. The normalized spacial score (nSPS) is 13.5. The van der Waals surface area contributed by atoms with Gasteiger partial charge in [-0.2, -0.15) is 0 Å². The zero-order valence-corrected chi connectivity index (χ0v) is 7.63. The lowest BCUT2D eigenvalue weighted by Crippen LogP contribution is -2.01. The molecule has 0 saturated heterocycles. The van der Waals surface area contributed by atoms with Gasteiger partial charge in [0.05, 0.1) is 6.61 Å². The maximum Gasteiger partial charge on any atom is 0.169 e. The van der Waals surface area contributed by atoms with Crippen LogP contribution in [0.25, 0.3) is 0 Å². The molecule has 0 saturated carbocycles. The van der Waals surface area contributed by atoms with Crippen molar-refractivity contribution in [3.05, 3.63) is 22.1 Å². The molecule has 1 heterocycles. The zero-order valence-electron chi connectivity index (χ0n) is 6.04. The smallest absolute Gasteiger partial charge is 0.169 e. The van der Waals surface area contributed by atoms with Crippen LogP contribution in [0.5, 0.6) is 0 Å². The van der Waals surface area contributed by atoms with Crippen molar-refractivity contribution in [2.24, 2.45) is 0 Å². The first-order valence-electron chi connectivity index (χ1n) is 3.20. The third kappa shape index (κ3) is 1.83. The molecule has 4 heteroatoms. The molecule has 0 fully saturated rings. The highest BCUT2D eigenvalue weighted by Gasteiger charge is 2.13. The van der Waals surface area contributed by atoms with E-state index in [9.17, 15) is 0 Å². The Balaban J connectivity index is 2.93. The fourth-order valence-electron chi connectivity index (χ4n) is 0.870. The van der Waals surface area contributed by atoms with Crippen LogP contribution >= 0.6 is 15.9 Å². The Kier molecular flexibility index (Phi) is 2.70. The van der Waals surface area contributed by atoms with Crippen molar-refractivity contribution in [3.63, 3.8) is 0 Å². The number of furan rings is 1. The minimum absolute atomic E-state index is 0.319. The highest BCUT2D eigenvalue weighted by molar-refractivity contribution is 9.10. The molecule has 62 valence electrons. The van der Waals surface area contributed by atoms with Crippen LogP contribution in [0.1, 0.15) is 17.4 Å². The van der Waals surface area contributed by atoms with Gasteiger partial charge in [-0.05, 0) is 34.5 Å². The second-order valence-electron chi connectivity index (χ2n) is 2.30. The molecule has 1 aromatic rings. The largest absolute Gasteiger partial charge is 0.451 e. The van der Waals surface area contributed by atoms with Crippen LogP contribution in [0.15, 0.2) is 15.2 Å². The molecule has 0 bridgehead atoms. The first-order chi connectivity index (χ1) is 5.15. The van der Waals surface area contributed by atoms with Crippen LogP contribution in [-0.4, -0.2) is 16.8 Å². The van der Waals surface area contributed by atoms with Gasteiger partial charge in [-0.15, -0.1) is 0 Å². The molecular formula is C7H9BrO3. The number of halogens is 1. The van der Waals surface area contributed by atoms with Crippen molar-refractivity contribution >= 4 is 15.9 Å². The van der Waals surface area contributed by atoms with E-state index in [-0.39, 0.29) is 6.61 Å². The zero-order chi connectivity index (χ0) is 8.43. The van der Waals surface area contributed by atoms with Crippen LogP contribution in [0.3, 0.4) is 0 Å². The van der Waals surface area contributed by atoms with Crippen molar-refractivity contribution in [3.8, 4) is 0 Å². The van der Waals surface area contributed by atoms with E-state index in [4.69, 9.17) is 14.6 Å². The molecule has 2 N–H and O–H groups in total. The summed E-state index contributed by atoms with van der Waals surface area (Å²) in [6, 6.07) is 1.74. The Morgan fingerprint density at radius 3 is 2.73 bits per heavy atom. The molecule has 0 aromatic carbocycles. The van der Waals surface area contributed by atoms with Gasteiger partial charge in [-0.1, -0.05) is 0 Å². The third-order valence-corrected chi connectivity index (χ3v) is 1.79. The average molecular weight is 221 g/mol. The molecular weight excluding hydrogens is 212 g/mol. The van der Waals surface area contributed by atoms with E-state index in [0.717, 1.165) is 5.56 Å². The standard InChI is InChI=1S/C7H9BrO3/c1-4-2-6(8)11-7(4)5(10)3-9/h2,5,9-10H,3H2,1H3. The molecule has 0 radical (unpaired) electrons. The Labute approximate surface area is 72.8 Å². The van der Waals surface area contributed by atoms with E-state index in [1.54, 1.807) is 6.07 Å². The number of rotatable bonds is 2. The lowest BCUT2D eigenvalue weighted by molar-refractivity contribution is 0.0761. The number of aliphatic hydroxyl groups is 2.